The highest BCUT2D eigenvalue weighted by molar-refractivity contribution is 5.70. The van der Waals surface area contributed by atoms with Gasteiger partial charge in [-0.25, -0.2) is 0 Å². The topological polar surface area (TPSA) is 61.8 Å². The van der Waals surface area contributed by atoms with Gasteiger partial charge in [0.25, 0.3) is 0 Å². The second-order valence-corrected chi connectivity index (χ2v) is 15.6. The molecule has 0 aliphatic rings. The second-order valence-electron chi connectivity index (χ2n) is 15.6. The van der Waals surface area contributed by atoms with E-state index in [1.165, 1.54) is 70.6 Å². The molecule has 0 N–H and O–H groups in total. The summed E-state index contributed by atoms with van der Waals surface area (Å²) in [6.07, 6.45) is 63.0. The van der Waals surface area contributed by atoms with Gasteiger partial charge in [0.2, 0.25) is 0 Å². The van der Waals surface area contributed by atoms with Gasteiger partial charge in [-0.3, -0.25) is 9.59 Å². The first-order valence-corrected chi connectivity index (χ1v) is 24.1. The minimum Gasteiger partial charge on any atom is -0.462 e. The molecule has 0 spiro atoms. The van der Waals surface area contributed by atoms with Crippen molar-refractivity contribution in [2.24, 2.45) is 0 Å². The highest BCUT2D eigenvalue weighted by Crippen LogP contribution is 2.13. The summed E-state index contributed by atoms with van der Waals surface area (Å²) >= 11 is 0. The van der Waals surface area contributed by atoms with Gasteiger partial charge in [-0.05, 0) is 89.9 Å². The summed E-state index contributed by atoms with van der Waals surface area (Å²) in [5, 5.41) is 0. The maximum absolute atomic E-state index is 12.7. The first kappa shape index (κ1) is 55.1. The van der Waals surface area contributed by atoms with Gasteiger partial charge >= 0.3 is 11.9 Å². The van der Waals surface area contributed by atoms with Crippen molar-refractivity contribution in [2.45, 2.75) is 219 Å². The van der Waals surface area contributed by atoms with Gasteiger partial charge in [-0.1, -0.05) is 196 Å². The summed E-state index contributed by atoms with van der Waals surface area (Å²) in [6.45, 7) is 7.53. The van der Waals surface area contributed by atoms with Crippen LogP contribution in [0, 0.1) is 0 Å². The maximum Gasteiger partial charge on any atom is 0.306 e. The number of ether oxygens (including phenoxy) is 3. The Labute approximate surface area is 359 Å². The molecule has 58 heavy (non-hydrogen) atoms. The molecule has 0 heterocycles. The fourth-order valence-corrected chi connectivity index (χ4v) is 6.40. The van der Waals surface area contributed by atoms with Crippen LogP contribution in [0.3, 0.4) is 0 Å². The molecule has 0 aliphatic heterocycles. The minimum absolute atomic E-state index is 0.0647. The van der Waals surface area contributed by atoms with Crippen LogP contribution < -0.4 is 0 Å². The van der Waals surface area contributed by atoms with Crippen LogP contribution in [0.4, 0.5) is 0 Å². The van der Waals surface area contributed by atoms with Crippen molar-refractivity contribution in [1.29, 1.82) is 0 Å². The zero-order valence-corrected chi connectivity index (χ0v) is 38.0. The highest BCUT2D eigenvalue weighted by atomic mass is 16.6. The third kappa shape index (κ3) is 45.8. The van der Waals surface area contributed by atoms with Crippen LogP contribution in [0.5, 0.6) is 0 Å². The largest absolute Gasteiger partial charge is 0.462 e. The number of allylic oxidation sites excluding steroid dienone is 14. The number of hydrogen-bond donors (Lipinski definition) is 0. The molecular weight excluding hydrogens is 717 g/mol. The molecule has 0 rings (SSSR count). The molecular formula is C53H90O5. The Kier molecular flexibility index (Phi) is 46.0. The Hall–Kier alpha value is -2.92. The molecule has 0 fully saturated rings. The van der Waals surface area contributed by atoms with Crippen LogP contribution in [0.1, 0.15) is 213 Å². The molecule has 332 valence electrons. The van der Waals surface area contributed by atoms with Crippen molar-refractivity contribution in [3.63, 3.8) is 0 Å². The summed E-state index contributed by atoms with van der Waals surface area (Å²) in [4.78, 5) is 25.3. The number of rotatable bonds is 43. The monoisotopic (exact) mass is 807 g/mol. The molecule has 5 heteroatoms. The van der Waals surface area contributed by atoms with Crippen molar-refractivity contribution in [3.05, 3.63) is 85.1 Å². The summed E-state index contributed by atoms with van der Waals surface area (Å²) in [5.41, 5.74) is 0. The standard InChI is InChI=1S/C53H90O5/c1-4-7-10-13-16-19-21-23-25-27-28-30-32-35-37-40-43-46-52(54)57-50-51(58-53(55)47-44-41-38-34-18-15-12-9-6-3)49-56-48-45-42-39-36-33-31-29-26-24-22-20-17-14-11-8-5-2/h7-8,10-11,16-17,19-20,23-26,28,30,51H,4-6,9,12-15,18,21-22,27,29,31-50H2,1-3H3/b10-7-,11-8-,19-16-,20-17-,25-23-,26-24-,30-28-. The van der Waals surface area contributed by atoms with Gasteiger partial charge in [-0.15, -0.1) is 0 Å². The fraction of sp³-hybridized carbons (Fsp3) is 0.698. The Bertz CT molecular complexity index is 1090. The lowest BCUT2D eigenvalue weighted by Crippen LogP contribution is -2.30. The van der Waals surface area contributed by atoms with Crippen molar-refractivity contribution in [3.8, 4) is 0 Å². The van der Waals surface area contributed by atoms with E-state index in [1.807, 2.05) is 0 Å². The molecule has 1 unspecified atom stereocenters. The summed E-state index contributed by atoms with van der Waals surface area (Å²) in [7, 11) is 0. The van der Waals surface area contributed by atoms with Crippen LogP contribution in [0.2, 0.25) is 0 Å². The quantitative estimate of drug-likeness (QED) is 0.0349. The predicted octanol–water partition coefficient (Wildman–Crippen LogP) is 16.1. The van der Waals surface area contributed by atoms with E-state index in [0.717, 1.165) is 109 Å². The molecule has 0 aromatic heterocycles. The SMILES string of the molecule is CC/C=C\C/C=C\C/C=C\C/C=C\CCCCCCC(=O)OCC(COCCCCCCCC/C=C\C/C=C\C/C=C\CC)OC(=O)CCCCCCCCCCC. The first-order valence-electron chi connectivity index (χ1n) is 24.1. The molecule has 5 nitrogen and oxygen atoms in total. The summed E-state index contributed by atoms with van der Waals surface area (Å²) in [6, 6.07) is 0. The molecule has 0 saturated carbocycles. The lowest BCUT2D eigenvalue weighted by molar-refractivity contribution is -0.163. The first-order chi connectivity index (χ1) is 28.6. The van der Waals surface area contributed by atoms with E-state index in [4.69, 9.17) is 14.2 Å². The van der Waals surface area contributed by atoms with Crippen LogP contribution in [-0.2, 0) is 23.8 Å². The van der Waals surface area contributed by atoms with Crippen molar-refractivity contribution in [2.75, 3.05) is 19.8 Å². The van der Waals surface area contributed by atoms with Crippen LogP contribution in [0.15, 0.2) is 85.1 Å². The third-order valence-electron chi connectivity index (χ3n) is 9.93. The summed E-state index contributed by atoms with van der Waals surface area (Å²) in [5.74, 6) is -0.436. The Morgan fingerprint density at radius 2 is 0.776 bits per heavy atom. The second kappa shape index (κ2) is 48.4. The molecule has 0 aromatic carbocycles. The lowest BCUT2D eigenvalue weighted by Gasteiger charge is -2.18. The number of unbranched alkanes of at least 4 members (excludes halogenated alkanes) is 18. The maximum atomic E-state index is 12.7. The third-order valence-corrected chi connectivity index (χ3v) is 9.93. The van der Waals surface area contributed by atoms with E-state index in [0.29, 0.717) is 19.4 Å². The van der Waals surface area contributed by atoms with E-state index in [9.17, 15) is 9.59 Å². The van der Waals surface area contributed by atoms with Crippen LogP contribution >= 0.6 is 0 Å². The van der Waals surface area contributed by atoms with Crippen molar-refractivity contribution < 1.29 is 23.8 Å². The van der Waals surface area contributed by atoms with Gasteiger partial charge in [0.15, 0.2) is 6.10 Å². The zero-order valence-electron chi connectivity index (χ0n) is 38.0. The average Bonchev–Trinajstić information content (AvgIpc) is 3.22. The number of hydrogen-bond acceptors (Lipinski definition) is 5. The molecule has 0 radical (unpaired) electrons. The normalized spacial score (nSPS) is 12.9. The molecule has 0 saturated heterocycles. The van der Waals surface area contributed by atoms with Crippen LogP contribution in [-0.4, -0.2) is 37.9 Å². The van der Waals surface area contributed by atoms with Crippen LogP contribution in [0.25, 0.3) is 0 Å². The Morgan fingerprint density at radius 3 is 1.24 bits per heavy atom. The highest BCUT2D eigenvalue weighted by Gasteiger charge is 2.17. The van der Waals surface area contributed by atoms with E-state index in [2.05, 4.69) is 106 Å². The lowest BCUT2D eigenvalue weighted by atomic mass is 10.1. The molecule has 0 aromatic rings. The van der Waals surface area contributed by atoms with E-state index < -0.39 is 6.10 Å². The molecule has 1 atom stereocenters. The van der Waals surface area contributed by atoms with E-state index in [1.54, 1.807) is 0 Å². The van der Waals surface area contributed by atoms with E-state index >= 15 is 0 Å². The fourth-order valence-electron chi connectivity index (χ4n) is 6.40. The summed E-state index contributed by atoms with van der Waals surface area (Å²) < 4.78 is 17.3. The van der Waals surface area contributed by atoms with Gasteiger partial charge in [0.05, 0.1) is 6.61 Å². The smallest absolute Gasteiger partial charge is 0.306 e. The van der Waals surface area contributed by atoms with Crippen molar-refractivity contribution in [1.82, 2.24) is 0 Å². The van der Waals surface area contributed by atoms with Gasteiger partial charge < -0.3 is 14.2 Å². The van der Waals surface area contributed by atoms with Gasteiger partial charge in [-0.2, -0.15) is 0 Å². The average molecular weight is 807 g/mol. The molecule has 0 bridgehead atoms. The zero-order chi connectivity index (χ0) is 42.1. The van der Waals surface area contributed by atoms with Gasteiger partial charge in [0, 0.05) is 19.4 Å². The predicted molar refractivity (Wildman–Crippen MR) is 251 cm³/mol. The van der Waals surface area contributed by atoms with Gasteiger partial charge in [0.1, 0.15) is 6.61 Å². The van der Waals surface area contributed by atoms with E-state index in [-0.39, 0.29) is 25.2 Å². The van der Waals surface area contributed by atoms with Crippen molar-refractivity contribution >= 4 is 11.9 Å². The minimum atomic E-state index is -0.553. The number of carbonyl (C=O) groups excluding carboxylic acids is 2. The molecule has 0 amide bonds. The molecule has 0 aliphatic carbocycles. The number of esters is 2. The Balaban J connectivity index is 4.28. The Morgan fingerprint density at radius 1 is 0.397 bits per heavy atom. The number of carbonyl (C=O) groups is 2.